The molecule has 1 aromatic rings. The zero-order valence-electron chi connectivity index (χ0n) is 11.7. The van der Waals surface area contributed by atoms with Gasteiger partial charge in [-0.05, 0) is 43.4 Å². The first-order valence-electron chi connectivity index (χ1n) is 6.78. The number of benzene rings is 1. The highest BCUT2D eigenvalue weighted by Crippen LogP contribution is 2.35. The highest BCUT2D eigenvalue weighted by Gasteiger charge is 2.39. The fourth-order valence-corrected chi connectivity index (χ4v) is 4.06. The maximum atomic E-state index is 12.3. The van der Waals surface area contributed by atoms with Crippen LogP contribution in [-0.2, 0) is 10.0 Å². The predicted molar refractivity (Wildman–Crippen MR) is 84.2 cm³/mol. The molecule has 0 aromatic heterocycles. The molecule has 3 N–H and O–H groups in total. The Morgan fingerprint density at radius 1 is 1.50 bits per heavy atom. The Bertz CT molecular complexity index is 626. The van der Waals surface area contributed by atoms with Gasteiger partial charge < -0.3 is 5.73 Å². The topological polar surface area (TPSA) is 72.2 Å². The Labute approximate surface area is 125 Å². The molecule has 0 heterocycles. The van der Waals surface area contributed by atoms with Gasteiger partial charge in [-0.3, -0.25) is 0 Å². The van der Waals surface area contributed by atoms with Crippen molar-refractivity contribution in [2.75, 3.05) is 0 Å². The predicted octanol–water partition coefficient (Wildman–Crippen LogP) is 2.10. The van der Waals surface area contributed by atoms with Gasteiger partial charge in [-0.15, -0.1) is 0 Å². The van der Waals surface area contributed by atoms with Gasteiger partial charge in [0.05, 0.1) is 4.90 Å². The van der Waals surface area contributed by atoms with E-state index in [0.29, 0.717) is 11.5 Å². The largest absolute Gasteiger partial charge is 0.389 e. The molecule has 1 fully saturated rings. The molecule has 20 heavy (non-hydrogen) atoms. The minimum atomic E-state index is -3.45. The van der Waals surface area contributed by atoms with E-state index in [1.165, 1.54) is 0 Å². The molecule has 0 spiro atoms. The van der Waals surface area contributed by atoms with E-state index in [0.717, 1.165) is 24.8 Å². The lowest BCUT2D eigenvalue weighted by Gasteiger charge is -2.09. The van der Waals surface area contributed by atoms with Crippen LogP contribution >= 0.6 is 12.2 Å². The molecule has 4 nitrogen and oxygen atoms in total. The SMILES string of the molecule is CCCC1CC1NS(=O)(=O)c1ccc(C(N)=S)c(C)c1. The second-order valence-corrected chi connectivity index (χ2v) is 7.51. The summed E-state index contributed by atoms with van der Waals surface area (Å²) in [6, 6.07) is 4.94. The molecule has 2 unspecified atom stereocenters. The van der Waals surface area contributed by atoms with Crippen molar-refractivity contribution in [3.8, 4) is 0 Å². The first-order valence-corrected chi connectivity index (χ1v) is 8.67. The van der Waals surface area contributed by atoms with Crippen molar-refractivity contribution in [3.63, 3.8) is 0 Å². The summed E-state index contributed by atoms with van der Waals surface area (Å²) in [6.07, 6.45) is 3.11. The fraction of sp³-hybridized carbons (Fsp3) is 0.500. The molecule has 0 radical (unpaired) electrons. The van der Waals surface area contributed by atoms with Crippen molar-refractivity contribution in [1.29, 1.82) is 0 Å². The van der Waals surface area contributed by atoms with Crippen LogP contribution in [-0.4, -0.2) is 19.4 Å². The standard InChI is InChI=1S/C14H20N2O2S2/c1-3-4-10-8-13(10)16-20(17,18)11-5-6-12(14(15)19)9(2)7-11/h5-7,10,13,16H,3-4,8H2,1-2H3,(H2,15,19). The summed E-state index contributed by atoms with van der Waals surface area (Å²) in [5, 5.41) is 0. The number of nitrogens with two attached hydrogens (primary N) is 1. The van der Waals surface area contributed by atoms with Crippen LogP contribution in [0.2, 0.25) is 0 Å². The fourth-order valence-electron chi connectivity index (χ4n) is 2.43. The highest BCUT2D eigenvalue weighted by molar-refractivity contribution is 7.89. The van der Waals surface area contributed by atoms with Gasteiger partial charge in [-0.1, -0.05) is 31.6 Å². The summed E-state index contributed by atoms with van der Waals surface area (Å²) in [4.78, 5) is 0.557. The molecular weight excluding hydrogens is 292 g/mol. The van der Waals surface area contributed by atoms with E-state index in [9.17, 15) is 8.42 Å². The van der Waals surface area contributed by atoms with Gasteiger partial charge in [0.2, 0.25) is 10.0 Å². The first kappa shape index (κ1) is 15.4. The smallest absolute Gasteiger partial charge is 0.240 e. The molecule has 0 amide bonds. The minimum absolute atomic E-state index is 0.0931. The van der Waals surface area contributed by atoms with Crippen molar-refractivity contribution in [3.05, 3.63) is 29.3 Å². The van der Waals surface area contributed by atoms with Crippen LogP contribution < -0.4 is 10.5 Å². The maximum Gasteiger partial charge on any atom is 0.240 e. The van der Waals surface area contributed by atoms with Crippen LogP contribution in [0.4, 0.5) is 0 Å². The number of hydrogen-bond acceptors (Lipinski definition) is 3. The average molecular weight is 312 g/mol. The van der Waals surface area contributed by atoms with Crippen molar-refractivity contribution >= 4 is 27.2 Å². The Morgan fingerprint density at radius 2 is 2.20 bits per heavy atom. The van der Waals surface area contributed by atoms with Crippen LogP contribution in [0, 0.1) is 12.8 Å². The number of rotatable bonds is 6. The molecule has 2 atom stereocenters. The average Bonchev–Trinajstić information content (AvgIpc) is 3.06. The quantitative estimate of drug-likeness (QED) is 0.789. The molecule has 1 aliphatic rings. The summed E-state index contributed by atoms with van der Waals surface area (Å²) in [6.45, 7) is 3.92. The zero-order valence-corrected chi connectivity index (χ0v) is 13.4. The van der Waals surface area contributed by atoms with Crippen LogP contribution in [0.25, 0.3) is 0 Å². The van der Waals surface area contributed by atoms with Gasteiger partial charge in [-0.2, -0.15) is 0 Å². The normalized spacial score (nSPS) is 21.7. The Hall–Kier alpha value is -0.980. The highest BCUT2D eigenvalue weighted by atomic mass is 32.2. The lowest BCUT2D eigenvalue weighted by Crippen LogP contribution is -2.27. The number of thiocarbonyl (C=S) groups is 1. The molecule has 1 aromatic carbocycles. The summed E-state index contributed by atoms with van der Waals surface area (Å²) in [5.74, 6) is 0.492. The van der Waals surface area contributed by atoms with E-state index in [4.69, 9.17) is 18.0 Å². The Morgan fingerprint density at radius 3 is 2.75 bits per heavy atom. The van der Waals surface area contributed by atoms with E-state index < -0.39 is 10.0 Å². The van der Waals surface area contributed by atoms with Crippen molar-refractivity contribution < 1.29 is 8.42 Å². The van der Waals surface area contributed by atoms with E-state index in [1.54, 1.807) is 18.2 Å². The van der Waals surface area contributed by atoms with Crippen LogP contribution in [0.1, 0.15) is 37.3 Å². The van der Waals surface area contributed by atoms with E-state index in [1.807, 2.05) is 6.92 Å². The van der Waals surface area contributed by atoms with E-state index in [-0.39, 0.29) is 15.9 Å². The number of aryl methyl sites for hydroxylation is 1. The van der Waals surface area contributed by atoms with Crippen molar-refractivity contribution in [1.82, 2.24) is 4.72 Å². The molecule has 2 rings (SSSR count). The second-order valence-electron chi connectivity index (χ2n) is 5.35. The summed E-state index contributed by atoms with van der Waals surface area (Å²) < 4.78 is 27.3. The third-order valence-corrected chi connectivity index (χ3v) is 5.37. The maximum absolute atomic E-state index is 12.3. The number of hydrogen-bond donors (Lipinski definition) is 2. The molecule has 1 aliphatic carbocycles. The molecule has 6 heteroatoms. The lowest BCUT2D eigenvalue weighted by atomic mass is 10.1. The van der Waals surface area contributed by atoms with Crippen LogP contribution in [0.5, 0.6) is 0 Å². The molecular formula is C14H20N2O2S2. The third-order valence-electron chi connectivity index (χ3n) is 3.66. The summed E-state index contributed by atoms with van der Waals surface area (Å²) in [5.41, 5.74) is 7.08. The van der Waals surface area contributed by atoms with Crippen LogP contribution in [0.3, 0.4) is 0 Å². The Kier molecular flexibility index (Phi) is 4.46. The van der Waals surface area contributed by atoms with Gasteiger partial charge in [0.25, 0.3) is 0 Å². The van der Waals surface area contributed by atoms with E-state index in [2.05, 4.69) is 11.6 Å². The van der Waals surface area contributed by atoms with Gasteiger partial charge in [-0.25, -0.2) is 13.1 Å². The first-order chi connectivity index (χ1) is 9.35. The van der Waals surface area contributed by atoms with Gasteiger partial charge in [0.15, 0.2) is 0 Å². The minimum Gasteiger partial charge on any atom is -0.389 e. The third kappa shape index (κ3) is 3.37. The van der Waals surface area contributed by atoms with Gasteiger partial charge >= 0.3 is 0 Å². The molecule has 0 saturated heterocycles. The Balaban J connectivity index is 2.14. The second kappa shape index (κ2) is 5.79. The molecule has 110 valence electrons. The summed E-state index contributed by atoms with van der Waals surface area (Å²) >= 11 is 4.92. The summed E-state index contributed by atoms with van der Waals surface area (Å²) in [7, 11) is -3.45. The van der Waals surface area contributed by atoms with E-state index >= 15 is 0 Å². The van der Waals surface area contributed by atoms with Crippen LogP contribution in [0.15, 0.2) is 23.1 Å². The molecule has 0 bridgehead atoms. The molecule has 1 saturated carbocycles. The van der Waals surface area contributed by atoms with Gasteiger partial charge in [0.1, 0.15) is 4.99 Å². The van der Waals surface area contributed by atoms with Crippen molar-refractivity contribution in [2.45, 2.75) is 44.0 Å². The number of nitrogens with one attached hydrogen (secondary N) is 1. The monoisotopic (exact) mass is 312 g/mol. The lowest BCUT2D eigenvalue weighted by molar-refractivity contribution is 0.573. The van der Waals surface area contributed by atoms with Gasteiger partial charge in [0, 0.05) is 11.6 Å². The molecule has 0 aliphatic heterocycles. The number of sulfonamides is 1. The van der Waals surface area contributed by atoms with Crippen molar-refractivity contribution in [2.24, 2.45) is 11.7 Å². The zero-order chi connectivity index (χ0) is 14.9.